The van der Waals surface area contributed by atoms with Gasteiger partial charge in [-0.3, -0.25) is 9.20 Å². The second-order valence-corrected chi connectivity index (χ2v) is 5.73. The number of hydrogen-bond donors (Lipinski definition) is 1. The van der Waals surface area contributed by atoms with Crippen LogP contribution in [-0.2, 0) is 0 Å². The molecule has 0 aliphatic rings. The van der Waals surface area contributed by atoms with E-state index in [1.807, 2.05) is 18.5 Å². The number of aromatic nitrogens is 2. The van der Waals surface area contributed by atoms with E-state index in [4.69, 9.17) is 16.3 Å². The molecule has 0 radical (unpaired) electrons. The topological polar surface area (TPSA) is 68.0 Å². The van der Waals surface area contributed by atoms with E-state index in [-0.39, 0.29) is 5.91 Å². The number of hydrazone groups is 1. The summed E-state index contributed by atoms with van der Waals surface area (Å²) >= 11 is 7.52. The van der Waals surface area contributed by atoms with Gasteiger partial charge in [0.1, 0.15) is 11.4 Å². The van der Waals surface area contributed by atoms with Gasteiger partial charge in [-0.1, -0.05) is 11.6 Å². The molecule has 0 spiro atoms. The van der Waals surface area contributed by atoms with Crippen molar-refractivity contribution in [2.24, 2.45) is 5.10 Å². The van der Waals surface area contributed by atoms with E-state index in [1.54, 1.807) is 28.7 Å². The largest absolute Gasteiger partial charge is 0.494 e. The number of nitrogens with zero attached hydrogens (tertiary/aromatic N) is 3. The Morgan fingerprint density at radius 2 is 2.26 bits per heavy atom. The molecule has 23 heavy (non-hydrogen) atoms. The molecule has 0 saturated heterocycles. The highest BCUT2D eigenvalue weighted by Gasteiger charge is 2.09. The van der Waals surface area contributed by atoms with E-state index in [1.165, 1.54) is 17.6 Å². The van der Waals surface area contributed by atoms with Gasteiger partial charge in [-0.2, -0.15) is 5.10 Å². The minimum atomic E-state index is -0.313. The van der Waals surface area contributed by atoms with E-state index in [2.05, 4.69) is 15.5 Å². The summed E-state index contributed by atoms with van der Waals surface area (Å²) in [6, 6.07) is 6.84. The molecule has 8 heteroatoms. The zero-order chi connectivity index (χ0) is 16.2. The van der Waals surface area contributed by atoms with Crippen molar-refractivity contribution >= 4 is 40.0 Å². The molecule has 0 atom stereocenters. The molecular formula is C15H13ClN4O2S. The van der Waals surface area contributed by atoms with Gasteiger partial charge in [0.25, 0.3) is 5.91 Å². The quantitative estimate of drug-likeness (QED) is 0.568. The molecule has 0 aliphatic carbocycles. The van der Waals surface area contributed by atoms with Gasteiger partial charge in [-0.25, -0.2) is 10.4 Å². The van der Waals surface area contributed by atoms with Crippen molar-refractivity contribution in [3.05, 3.63) is 52.3 Å². The molecule has 0 unspecified atom stereocenters. The zero-order valence-electron chi connectivity index (χ0n) is 12.2. The average Bonchev–Trinajstić information content (AvgIpc) is 3.10. The summed E-state index contributed by atoms with van der Waals surface area (Å²) in [5.74, 6) is 0.407. The summed E-state index contributed by atoms with van der Waals surface area (Å²) in [5.41, 5.74) is 3.58. The standard InChI is InChI=1S/C15H13ClN4O2S/c1-2-22-11-5-3-10(4-6-11)14(21)19-17-9-12-13(16)18-15-20(12)7-8-23-15/h3-9H,2H2,1H3,(H,19,21)/b17-9-. The molecule has 0 fully saturated rings. The maximum Gasteiger partial charge on any atom is 0.271 e. The van der Waals surface area contributed by atoms with Gasteiger partial charge in [0.05, 0.1) is 12.8 Å². The Kier molecular flexibility index (Phi) is 4.59. The van der Waals surface area contributed by atoms with Crippen LogP contribution in [0.25, 0.3) is 4.96 Å². The van der Waals surface area contributed by atoms with Crippen LogP contribution < -0.4 is 10.2 Å². The van der Waals surface area contributed by atoms with Crippen molar-refractivity contribution in [3.63, 3.8) is 0 Å². The molecule has 1 N–H and O–H groups in total. The number of thiazole rings is 1. The van der Waals surface area contributed by atoms with E-state index >= 15 is 0 Å². The number of benzene rings is 1. The fourth-order valence-corrected chi connectivity index (χ4v) is 2.97. The molecule has 3 aromatic rings. The van der Waals surface area contributed by atoms with E-state index < -0.39 is 0 Å². The number of ether oxygens (including phenoxy) is 1. The fraction of sp³-hybridized carbons (Fsp3) is 0.133. The number of fused-ring (bicyclic) bond motifs is 1. The molecule has 0 bridgehead atoms. The Balaban J connectivity index is 1.68. The highest BCUT2D eigenvalue weighted by molar-refractivity contribution is 7.15. The van der Waals surface area contributed by atoms with Gasteiger partial charge in [0.2, 0.25) is 0 Å². The molecule has 6 nitrogen and oxygen atoms in total. The molecule has 2 heterocycles. The van der Waals surface area contributed by atoms with Crippen molar-refractivity contribution in [1.82, 2.24) is 14.8 Å². The van der Waals surface area contributed by atoms with Crippen molar-refractivity contribution in [2.45, 2.75) is 6.92 Å². The second kappa shape index (κ2) is 6.80. The lowest BCUT2D eigenvalue weighted by Gasteiger charge is -2.03. The summed E-state index contributed by atoms with van der Waals surface area (Å²) < 4.78 is 7.14. The zero-order valence-corrected chi connectivity index (χ0v) is 13.8. The minimum absolute atomic E-state index is 0.313. The number of halogens is 1. The summed E-state index contributed by atoms with van der Waals surface area (Å²) in [5, 5.41) is 6.18. The van der Waals surface area contributed by atoms with Crippen LogP contribution in [0.2, 0.25) is 5.15 Å². The van der Waals surface area contributed by atoms with E-state index in [0.29, 0.717) is 23.0 Å². The maximum absolute atomic E-state index is 12.0. The molecule has 118 valence electrons. The first kappa shape index (κ1) is 15.5. The molecule has 1 aromatic carbocycles. The highest BCUT2D eigenvalue weighted by Crippen LogP contribution is 2.19. The number of carbonyl (C=O) groups excluding carboxylic acids is 1. The SMILES string of the molecule is CCOc1ccc(C(=O)N/N=C\c2c(Cl)nc3sccn23)cc1. The third-order valence-electron chi connectivity index (χ3n) is 3.03. The Morgan fingerprint density at radius 3 is 3.00 bits per heavy atom. The van der Waals surface area contributed by atoms with E-state index in [0.717, 1.165) is 10.7 Å². The van der Waals surface area contributed by atoms with Gasteiger partial charge in [-0.15, -0.1) is 11.3 Å². The Bertz CT molecular complexity index is 854. The monoisotopic (exact) mass is 348 g/mol. The molecule has 0 saturated carbocycles. The van der Waals surface area contributed by atoms with Gasteiger partial charge in [0.15, 0.2) is 10.1 Å². The van der Waals surface area contributed by atoms with Crippen LogP contribution in [-0.4, -0.2) is 28.1 Å². The van der Waals surface area contributed by atoms with E-state index in [9.17, 15) is 4.79 Å². The number of hydrogen-bond acceptors (Lipinski definition) is 5. The maximum atomic E-state index is 12.0. The minimum Gasteiger partial charge on any atom is -0.494 e. The third-order valence-corrected chi connectivity index (χ3v) is 4.07. The molecule has 2 aromatic heterocycles. The van der Waals surface area contributed by atoms with Crippen LogP contribution in [0.3, 0.4) is 0 Å². The van der Waals surface area contributed by atoms with Crippen LogP contribution in [0.5, 0.6) is 5.75 Å². The first-order chi connectivity index (χ1) is 11.2. The van der Waals surface area contributed by atoms with Crippen LogP contribution >= 0.6 is 22.9 Å². The predicted octanol–water partition coefficient (Wildman–Crippen LogP) is 3.21. The van der Waals surface area contributed by atoms with Crippen LogP contribution in [0, 0.1) is 0 Å². The second-order valence-electron chi connectivity index (χ2n) is 4.50. The first-order valence-electron chi connectivity index (χ1n) is 6.86. The molecule has 3 rings (SSSR count). The Morgan fingerprint density at radius 1 is 1.48 bits per heavy atom. The highest BCUT2D eigenvalue weighted by atomic mass is 35.5. The van der Waals surface area contributed by atoms with Crippen molar-refractivity contribution in [2.75, 3.05) is 6.61 Å². The van der Waals surface area contributed by atoms with Crippen LogP contribution in [0.4, 0.5) is 0 Å². The summed E-state index contributed by atoms with van der Waals surface area (Å²) in [4.78, 5) is 17.0. The smallest absolute Gasteiger partial charge is 0.271 e. The van der Waals surface area contributed by atoms with Crippen molar-refractivity contribution < 1.29 is 9.53 Å². The van der Waals surface area contributed by atoms with Crippen LogP contribution in [0.15, 0.2) is 40.9 Å². The molecular weight excluding hydrogens is 336 g/mol. The number of nitrogens with one attached hydrogen (secondary N) is 1. The number of carbonyl (C=O) groups is 1. The summed E-state index contributed by atoms with van der Waals surface area (Å²) in [6.45, 7) is 2.49. The van der Waals surface area contributed by atoms with Gasteiger partial charge in [0, 0.05) is 17.1 Å². The first-order valence-corrected chi connectivity index (χ1v) is 8.12. The normalized spacial score (nSPS) is 11.2. The molecule has 1 amide bonds. The van der Waals surface area contributed by atoms with Crippen LogP contribution in [0.1, 0.15) is 23.0 Å². The lowest BCUT2D eigenvalue weighted by Crippen LogP contribution is -2.17. The Hall–Kier alpha value is -2.38. The number of amides is 1. The van der Waals surface area contributed by atoms with Crippen molar-refractivity contribution in [1.29, 1.82) is 0 Å². The lowest BCUT2D eigenvalue weighted by atomic mass is 10.2. The Labute approximate surface area is 141 Å². The number of rotatable bonds is 5. The summed E-state index contributed by atoms with van der Waals surface area (Å²) in [7, 11) is 0. The van der Waals surface area contributed by atoms with Gasteiger partial charge >= 0.3 is 0 Å². The average molecular weight is 349 g/mol. The number of imidazole rings is 1. The van der Waals surface area contributed by atoms with Crippen molar-refractivity contribution in [3.8, 4) is 5.75 Å². The molecule has 0 aliphatic heterocycles. The summed E-state index contributed by atoms with van der Waals surface area (Å²) in [6.07, 6.45) is 3.32. The van der Waals surface area contributed by atoms with Gasteiger partial charge < -0.3 is 4.74 Å². The fourth-order valence-electron chi connectivity index (χ4n) is 1.98. The predicted molar refractivity (Wildman–Crippen MR) is 90.8 cm³/mol. The third kappa shape index (κ3) is 3.35. The lowest BCUT2D eigenvalue weighted by molar-refractivity contribution is 0.0955. The van der Waals surface area contributed by atoms with Gasteiger partial charge in [-0.05, 0) is 31.2 Å².